The number of Topliss-reactive ketones (excluding diaryl/α,β-unsaturated/α-hetero) is 1. The summed E-state index contributed by atoms with van der Waals surface area (Å²) in [5, 5.41) is 26.1. The van der Waals surface area contributed by atoms with Gasteiger partial charge in [-0.25, -0.2) is 0 Å². The monoisotopic (exact) mass is 472 g/mol. The third-order valence-electron chi connectivity index (χ3n) is 7.13. The minimum absolute atomic E-state index is 0.0836. The van der Waals surface area contributed by atoms with Gasteiger partial charge in [-0.05, 0) is 62.8 Å². The molecule has 2 aromatic heterocycles. The molecule has 3 aromatic rings. The number of hydrogen-bond donors (Lipinski definition) is 2. The summed E-state index contributed by atoms with van der Waals surface area (Å²) in [7, 11) is 0. The zero-order valence-electron chi connectivity index (χ0n) is 19.4. The first kappa shape index (κ1) is 22.8. The zero-order valence-corrected chi connectivity index (χ0v) is 19.4. The molecule has 1 amide bonds. The van der Waals surface area contributed by atoms with E-state index in [4.69, 9.17) is 5.73 Å². The Morgan fingerprint density at radius 1 is 1.11 bits per heavy atom. The Kier molecular flexibility index (Phi) is 6.07. The molecule has 0 radical (unpaired) electrons. The predicted molar refractivity (Wildman–Crippen MR) is 128 cm³/mol. The maximum atomic E-state index is 12.4. The average Bonchev–Trinajstić information content (AvgIpc) is 3.39. The maximum Gasteiger partial charge on any atom is 0.252 e. The Bertz CT molecular complexity index is 1240. The fraction of sp³-hybridized carbons (Fsp3) is 0.440. The summed E-state index contributed by atoms with van der Waals surface area (Å²) in [6, 6.07) is 10.5. The number of nitrogens with one attached hydrogen (secondary N) is 1. The Morgan fingerprint density at radius 2 is 1.80 bits per heavy atom. The molecule has 3 N–H and O–H groups in total. The lowest BCUT2D eigenvalue weighted by atomic mass is 9.77. The molecule has 35 heavy (non-hydrogen) atoms. The van der Waals surface area contributed by atoms with E-state index in [0.717, 1.165) is 49.9 Å². The minimum atomic E-state index is -0.592. The number of aromatic nitrogens is 5. The molecule has 0 aliphatic heterocycles. The fourth-order valence-electron chi connectivity index (χ4n) is 4.91. The van der Waals surface area contributed by atoms with Crippen LogP contribution in [0.5, 0.6) is 0 Å². The molecule has 10 heteroatoms. The largest absolute Gasteiger partial charge is 0.382 e. The van der Waals surface area contributed by atoms with Gasteiger partial charge in [0.15, 0.2) is 0 Å². The van der Waals surface area contributed by atoms with Crippen LogP contribution in [0.3, 0.4) is 0 Å². The second-order valence-corrected chi connectivity index (χ2v) is 9.56. The maximum absolute atomic E-state index is 12.4. The number of amides is 1. The predicted octanol–water partition coefficient (Wildman–Crippen LogP) is 2.75. The highest BCUT2D eigenvalue weighted by Gasteiger charge is 2.39. The van der Waals surface area contributed by atoms with Crippen LogP contribution in [0.2, 0.25) is 0 Å². The summed E-state index contributed by atoms with van der Waals surface area (Å²) in [5.74, 6) is -0.402. The van der Waals surface area contributed by atoms with Gasteiger partial charge in [0.1, 0.15) is 5.78 Å². The molecular weight excluding hydrogens is 444 g/mol. The molecule has 0 spiro atoms. The molecule has 2 saturated carbocycles. The van der Waals surface area contributed by atoms with Crippen LogP contribution in [0.1, 0.15) is 61.0 Å². The molecule has 0 atom stereocenters. The van der Waals surface area contributed by atoms with Gasteiger partial charge in [-0.2, -0.15) is 25.4 Å². The van der Waals surface area contributed by atoms with Gasteiger partial charge in [0, 0.05) is 23.8 Å². The van der Waals surface area contributed by atoms with E-state index in [9.17, 15) is 14.9 Å². The Morgan fingerprint density at radius 3 is 2.40 bits per heavy atom. The third kappa shape index (κ3) is 4.80. The summed E-state index contributed by atoms with van der Waals surface area (Å²) in [4.78, 5) is 26.0. The van der Waals surface area contributed by atoms with Crippen molar-refractivity contribution in [2.45, 2.75) is 62.9 Å². The van der Waals surface area contributed by atoms with E-state index in [0.29, 0.717) is 5.69 Å². The molecule has 5 rings (SSSR count). The van der Waals surface area contributed by atoms with Crippen molar-refractivity contribution in [2.75, 3.05) is 5.32 Å². The number of primary amides is 1. The summed E-state index contributed by atoms with van der Waals surface area (Å²) in [6.07, 6.45) is 10.3. The van der Waals surface area contributed by atoms with Crippen LogP contribution < -0.4 is 11.1 Å². The van der Waals surface area contributed by atoms with Gasteiger partial charge in [0.2, 0.25) is 0 Å². The average molecular weight is 473 g/mol. The Labute approximate surface area is 203 Å². The first-order chi connectivity index (χ1) is 17.0. The smallest absolute Gasteiger partial charge is 0.252 e. The molecular formula is C25H28N8O2. The SMILES string of the molecule is N#CCC1(n2cc(C(N)=O)c(CC(=O)C3CC3)n2)CCC(Nc2ccc(-n3nccn3)cc2)CC1. The van der Waals surface area contributed by atoms with Crippen LogP contribution >= 0.6 is 0 Å². The van der Waals surface area contributed by atoms with E-state index in [2.05, 4.69) is 26.7 Å². The Balaban J connectivity index is 1.28. The van der Waals surface area contributed by atoms with Crippen molar-refractivity contribution in [2.24, 2.45) is 11.7 Å². The van der Waals surface area contributed by atoms with Crippen molar-refractivity contribution >= 4 is 17.4 Å². The van der Waals surface area contributed by atoms with E-state index in [-0.39, 0.29) is 36.1 Å². The number of ketones is 1. The normalized spacial score (nSPS) is 21.9. The second kappa shape index (κ2) is 9.33. The van der Waals surface area contributed by atoms with Crippen molar-refractivity contribution in [3.63, 3.8) is 0 Å². The number of hydrogen-bond acceptors (Lipinski definition) is 7. The summed E-state index contributed by atoms with van der Waals surface area (Å²) in [6.45, 7) is 0. The van der Waals surface area contributed by atoms with Crippen LogP contribution in [0.25, 0.3) is 5.69 Å². The van der Waals surface area contributed by atoms with Crippen molar-refractivity contribution in [3.8, 4) is 11.8 Å². The van der Waals surface area contributed by atoms with Gasteiger partial charge >= 0.3 is 0 Å². The van der Waals surface area contributed by atoms with Crippen molar-refractivity contribution in [1.82, 2.24) is 24.8 Å². The number of carbonyl (C=O) groups is 2. The van der Waals surface area contributed by atoms with Crippen molar-refractivity contribution < 1.29 is 9.59 Å². The van der Waals surface area contributed by atoms with Crippen molar-refractivity contribution in [1.29, 1.82) is 5.26 Å². The number of rotatable bonds is 9. The topological polar surface area (TPSA) is 145 Å². The lowest BCUT2D eigenvalue weighted by molar-refractivity contribution is -0.119. The van der Waals surface area contributed by atoms with Gasteiger partial charge in [0.25, 0.3) is 5.91 Å². The van der Waals surface area contributed by atoms with Crippen LogP contribution in [0.15, 0.2) is 42.9 Å². The van der Waals surface area contributed by atoms with E-state index in [1.54, 1.807) is 28.1 Å². The first-order valence-corrected chi connectivity index (χ1v) is 12.0. The first-order valence-electron chi connectivity index (χ1n) is 12.0. The van der Waals surface area contributed by atoms with Crippen LogP contribution in [0, 0.1) is 17.2 Å². The molecule has 2 aliphatic rings. The highest BCUT2D eigenvalue weighted by molar-refractivity contribution is 5.95. The third-order valence-corrected chi connectivity index (χ3v) is 7.13. The molecule has 180 valence electrons. The molecule has 0 bridgehead atoms. The zero-order chi connectivity index (χ0) is 24.4. The second-order valence-electron chi connectivity index (χ2n) is 9.56. The van der Waals surface area contributed by atoms with Gasteiger partial charge < -0.3 is 11.1 Å². The molecule has 10 nitrogen and oxygen atoms in total. The number of anilines is 1. The molecule has 1 aromatic carbocycles. The van der Waals surface area contributed by atoms with Gasteiger partial charge in [-0.15, -0.1) is 0 Å². The molecule has 0 unspecified atom stereocenters. The van der Waals surface area contributed by atoms with Crippen molar-refractivity contribution in [3.05, 3.63) is 54.1 Å². The summed E-state index contributed by atoms with van der Waals surface area (Å²) < 4.78 is 1.74. The van der Waals surface area contributed by atoms with Gasteiger partial charge in [0.05, 0.1) is 53.8 Å². The summed E-state index contributed by atoms with van der Waals surface area (Å²) >= 11 is 0. The van der Waals surface area contributed by atoms with E-state index < -0.39 is 11.4 Å². The fourth-order valence-corrected chi connectivity index (χ4v) is 4.91. The van der Waals surface area contributed by atoms with Gasteiger partial charge in [-0.3, -0.25) is 14.3 Å². The van der Waals surface area contributed by atoms with E-state index in [1.165, 1.54) is 0 Å². The van der Waals surface area contributed by atoms with Gasteiger partial charge in [-0.1, -0.05) is 0 Å². The lowest BCUT2D eigenvalue weighted by Gasteiger charge is -2.39. The van der Waals surface area contributed by atoms with E-state index in [1.807, 2.05) is 24.3 Å². The van der Waals surface area contributed by atoms with Crippen LogP contribution in [-0.4, -0.2) is 42.5 Å². The number of nitrogens with zero attached hydrogens (tertiary/aromatic N) is 6. The molecule has 2 heterocycles. The minimum Gasteiger partial charge on any atom is -0.382 e. The molecule has 2 fully saturated rings. The number of carbonyl (C=O) groups excluding carboxylic acids is 2. The Hall–Kier alpha value is -4.00. The number of nitriles is 1. The molecule has 0 saturated heterocycles. The standard InChI is InChI=1S/C25H28N8O2/c26-12-11-25(32-16-21(24(27)35)22(31-32)15-23(34)17-1-2-17)9-7-19(8-10-25)30-18-3-5-20(6-4-18)33-28-13-14-29-33/h3-6,13-14,16-17,19,30H,1-2,7-11,15H2,(H2,27,35). The highest BCUT2D eigenvalue weighted by Crippen LogP contribution is 2.39. The number of benzene rings is 1. The van der Waals surface area contributed by atoms with Crippen LogP contribution in [0.4, 0.5) is 5.69 Å². The number of nitrogens with two attached hydrogens (primary N) is 1. The lowest BCUT2D eigenvalue weighted by Crippen LogP contribution is -2.41. The van der Waals surface area contributed by atoms with Crippen LogP contribution in [-0.2, 0) is 16.8 Å². The highest BCUT2D eigenvalue weighted by atomic mass is 16.1. The van der Waals surface area contributed by atoms with E-state index >= 15 is 0 Å². The molecule has 2 aliphatic carbocycles. The quantitative estimate of drug-likeness (QED) is 0.487. The summed E-state index contributed by atoms with van der Waals surface area (Å²) in [5.41, 5.74) is 7.69.